The Morgan fingerprint density at radius 3 is 2.42 bits per heavy atom. The predicted molar refractivity (Wildman–Crippen MR) is 135 cm³/mol. The van der Waals surface area contributed by atoms with Crippen molar-refractivity contribution >= 4 is 16.8 Å². The summed E-state index contributed by atoms with van der Waals surface area (Å²) in [5, 5.41) is 0.575. The number of benzene rings is 2. The van der Waals surface area contributed by atoms with Crippen LogP contribution in [0.5, 0.6) is 0 Å². The number of aryl methyl sites for hydroxylation is 1. The van der Waals surface area contributed by atoms with Gasteiger partial charge in [-0.05, 0) is 63.2 Å². The molecule has 1 heterocycles. The van der Waals surface area contributed by atoms with Crippen molar-refractivity contribution in [3.05, 3.63) is 70.3 Å². The van der Waals surface area contributed by atoms with Gasteiger partial charge >= 0.3 is 0 Å². The zero-order valence-corrected chi connectivity index (χ0v) is 20.7. The maximum absolute atomic E-state index is 13.7. The molecule has 0 aliphatic carbocycles. The van der Waals surface area contributed by atoms with E-state index < -0.39 is 0 Å². The van der Waals surface area contributed by atoms with Crippen molar-refractivity contribution in [2.45, 2.75) is 46.6 Å². The zero-order chi connectivity index (χ0) is 24.1. The smallest absolute Gasteiger partial charge is 0.266 e. The maximum Gasteiger partial charge on any atom is 0.266 e. The number of nitrogens with zero attached hydrogens (tertiary/aromatic N) is 4. The predicted octanol–water partition coefficient (Wildman–Crippen LogP) is 4.58. The first-order chi connectivity index (χ1) is 15.7. The Balaban J connectivity index is 2.25. The Labute approximate surface area is 196 Å². The molecule has 1 unspecified atom stereocenters. The number of rotatable bonds is 9. The molecular formula is C27H36N4O2. The van der Waals surface area contributed by atoms with E-state index in [1.54, 1.807) is 4.57 Å². The molecule has 1 aromatic heterocycles. The van der Waals surface area contributed by atoms with Crippen LogP contribution in [0.15, 0.2) is 53.3 Å². The van der Waals surface area contributed by atoms with Crippen LogP contribution in [0.4, 0.5) is 0 Å². The molecule has 0 saturated carbocycles. The number of carbonyl (C=O) groups is 1. The fraction of sp³-hybridized carbons (Fsp3) is 0.444. The van der Waals surface area contributed by atoms with Gasteiger partial charge in [0, 0.05) is 19.5 Å². The lowest BCUT2D eigenvalue weighted by Gasteiger charge is -2.33. The minimum atomic E-state index is -0.311. The number of likely N-dealkylation sites (N-methyl/N-ethyl adjacent to an activating group) is 1. The highest BCUT2D eigenvalue weighted by Crippen LogP contribution is 2.27. The van der Waals surface area contributed by atoms with Gasteiger partial charge in [0.05, 0.1) is 22.6 Å². The van der Waals surface area contributed by atoms with E-state index in [2.05, 4.69) is 25.7 Å². The van der Waals surface area contributed by atoms with Gasteiger partial charge < -0.3 is 9.80 Å². The van der Waals surface area contributed by atoms with E-state index in [4.69, 9.17) is 4.98 Å². The van der Waals surface area contributed by atoms with Crippen molar-refractivity contribution in [2.24, 2.45) is 5.92 Å². The summed E-state index contributed by atoms with van der Waals surface area (Å²) in [5.41, 5.74) is 2.38. The third-order valence-corrected chi connectivity index (χ3v) is 5.81. The largest absolute Gasteiger partial charge is 0.331 e. The SMILES string of the molecule is CCC(c1nc2ccccc2c(=O)n1-c1cccc(C)c1)N(CCN(C)C)C(=O)CC(C)C. The topological polar surface area (TPSA) is 58.4 Å². The first-order valence-electron chi connectivity index (χ1n) is 11.8. The summed E-state index contributed by atoms with van der Waals surface area (Å²) >= 11 is 0. The van der Waals surface area contributed by atoms with Crippen molar-refractivity contribution in [3.8, 4) is 5.69 Å². The molecule has 0 aliphatic heterocycles. The molecule has 1 atom stereocenters. The van der Waals surface area contributed by atoms with E-state index in [0.717, 1.165) is 17.8 Å². The highest BCUT2D eigenvalue weighted by Gasteiger charge is 2.29. The fourth-order valence-corrected chi connectivity index (χ4v) is 4.16. The number of para-hydroxylation sites is 1. The summed E-state index contributed by atoms with van der Waals surface area (Å²) in [4.78, 5) is 36.1. The van der Waals surface area contributed by atoms with Crippen molar-refractivity contribution in [1.29, 1.82) is 0 Å². The Morgan fingerprint density at radius 2 is 1.79 bits per heavy atom. The van der Waals surface area contributed by atoms with Gasteiger partial charge in [0.1, 0.15) is 5.82 Å². The van der Waals surface area contributed by atoms with Crippen LogP contribution < -0.4 is 5.56 Å². The fourth-order valence-electron chi connectivity index (χ4n) is 4.16. The van der Waals surface area contributed by atoms with Gasteiger partial charge in [-0.2, -0.15) is 0 Å². The average Bonchev–Trinajstić information content (AvgIpc) is 2.76. The first kappa shape index (κ1) is 24.6. The van der Waals surface area contributed by atoms with Gasteiger partial charge in [0.2, 0.25) is 5.91 Å². The van der Waals surface area contributed by atoms with Crippen molar-refractivity contribution in [2.75, 3.05) is 27.2 Å². The summed E-state index contributed by atoms with van der Waals surface area (Å²) < 4.78 is 1.70. The second-order valence-electron chi connectivity index (χ2n) is 9.38. The number of aromatic nitrogens is 2. The van der Waals surface area contributed by atoms with Crippen LogP contribution in [0.3, 0.4) is 0 Å². The standard InChI is InChI=1S/C27H36N4O2/c1-7-24(30(16-15-29(5)6)25(32)17-19(2)3)26-28-23-14-9-8-13-22(23)27(33)31(26)21-12-10-11-20(4)18-21/h8-14,18-19,24H,7,15-17H2,1-6H3. The minimum Gasteiger partial charge on any atom is -0.331 e. The maximum atomic E-state index is 13.7. The third kappa shape index (κ3) is 5.69. The second-order valence-corrected chi connectivity index (χ2v) is 9.38. The van der Waals surface area contributed by atoms with E-state index in [0.29, 0.717) is 36.1 Å². The molecule has 33 heavy (non-hydrogen) atoms. The van der Waals surface area contributed by atoms with E-state index in [9.17, 15) is 9.59 Å². The van der Waals surface area contributed by atoms with Gasteiger partial charge in [-0.15, -0.1) is 0 Å². The summed E-state index contributed by atoms with van der Waals surface area (Å²) in [5.74, 6) is 0.958. The lowest BCUT2D eigenvalue weighted by atomic mass is 10.1. The summed E-state index contributed by atoms with van der Waals surface area (Å²) in [6.45, 7) is 9.49. The van der Waals surface area contributed by atoms with Crippen molar-refractivity contribution in [1.82, 2.24) is 19.4 Å². The van der Waals surface area contributed by atoms with E-state index in [1.807, 2.05) is 74.4 Å². The summed E-state index contributed by atoms with van der Waals surface area (Å²) in [7, 11) is 4.01. The van der Waals surface area contributed by atoms with Crippen LogP contribution in [0.2, 0.25) is 0 Å². The molecule has 0 spiro atoms. The van der Waals surface area contributed by atoms with Crippen LogP contribution in [-0.2, 0) is 4.79 Å². The molecule has 6 nitrogen and oxygen atoms in total. The van der Waals surface area contributed by atoms with Crippen LogP contribution in [0.25, 0.3) is 16.6 Å². The van der Waals surface area contributed by atoms with E-state index in [1.165, 1.54) is 0 Å². The molecule has 2 aromatic carbocycles. The number of hydrogen-bond acceptors (Lipinski definition) is 4. The molecule has 1 amide bonds. The molecule has 6 heteroatoms. The zero-order valence-electron chi connectivity index (χ0n) is 20.7. The molecule has 3 rings (SSSR count). The number of carbonyl (C=O) groups excluding carboxylic acids is 1. The van der Waals surface area contributed by atoms with Crippen molar-refractivity contribution in [3.63, 3.8) is 0 Å². The molecule has 0 saturated heterocycles. The van der Waals surface area contributed by atoms with E-state index >= 15 is 0 Å². The monoisotopic (exact) mass is 448 g/mol. The molecule has 0 radical (unpaired) electrons. The average molecular weight is 449 g/mol. The highest BCUT2D eigenvalue weighted by molar-refractivity contribution is 5.79. The molecule has 0 fully saturated rings. The normalized spacial score (nSPS) is 12.5. The van der Waals surface area contributed by atoms with E-state index in [-0.39, 0.29) is 23.4 Å². The molecule has 3 aromatic rings. The van der Waals surface area contributed by atoms with Gasteiger partial charge in [0.15, 0.2) is 0 Å². The third-order valence-electron chi connectivity index (χ3n) is 5.81. The number of fused-ring (bicyclic) bond motifs is 1. The first-order valence-corrected chi connectivity index (χ1v) is 11.8. The van der Waals surface area contributed by atoms with Gasteiger partial charge in [-0.3, -0.25) is 14.2 Å². The van der Waals surface area contributed by atoms with Gasteiger partial charge in [-0.1, -0.05) is 45.0 Å². The van der Waals surface area contributed by atoms with Crippen LogP contribution >= 0.6 is 0 Å². The molecule has 0 N–H and O–H groups in total. The molecule has 176 valence electrons. The number of amides is 1. The van der Waals surface area contributed by atoms with Gasteiger partial charge in [0.25, 0.3) is 5.56 Å². The van der Waals surface area contributed by atoms with Crippen LogP contribution in [0.1, 0.15) is 51.0 Å². The Kier molecular flexibility index (Phi) is 8.03. The Bertz CT molecular complexity index is 1170. The Hall–Kier alpha value is -2.99. The van der Waals surface area contributed by atoms with Crippen LogP contribution in [-0.4, -0.2) is 52.4 Å². The lowest BCUT2D eigenvalue weighted by molar-refractivity contribution is -0.135. The minimum absolute atomic E-state index is 0.0944. The highest BCUT2D eigenvalue weighted by atomic mass is 16.2. The molecular weight excluding hydrogens is 412 g/mol. The quantitative estimate of drug-likeness (QED) is 0.481. The van der Waals surface area contributed by atoms with Gasteiger partial charge in [-0.25, -0.2) is 4.98 Å². The Morgan fingerprint density at radius 1 is 1.06 bits per heavy atom. The lowest BCUT2D eigenvalue weighted by Crippen LogP contribution is -2.42. The second kappa shape index (κ2) is 10.8. The summed E-state index contributed by atoms with van der Waals surface area (Å²) in [6, 6.07) is 15.0. The number of hydrogen-bond donors (Lipinski definition) is 0. The molecule has 0 aliphatic rings. The summed E-state index contributed by atoms with van der Waals surface area (Å²) in [6.07, 6.45) is 1.13. The van der Waals surface area contributed by atoms with Crippen molar-refractivity contribution < 1.29 is 4.79 Å². The molecule has 0 bridgehead atoms. The van der Waals surface area contributed by atoms with Crippen LogP contribution in [0, 0.1) is 12.8 Å².